The maximum atomic E-state index is 13.5. The van der Waals surface area contributed by atoms with Crippen LogP contribution in [0.5, 0.6) is 5.75 Å². The number of aliphatic hydroxyl groups is 5. The molecule has 13 nitrogen and oxygen atoms in total. The van der Waals surface area contributed by atoms with E-state index in [0.717, 1.165) is 48.1 Å². The normalized spacial score (nSPS) is 19.9. The first-order chi connectivity index (χ1) is 24.4. The molecule has 2 heterocycles. The highest BCUT2D eigenvalue weighted by molar-refractivity contribution is 7.89. The van der Waals surface area contributed by atoms with Crippen molar-refractivity contribution in [3.05, 3.63) is 77.1 Å². The first-order valence-corrected chi connectivity index (χ1v) is 18.8. The number of hydrogen-bond donors (Lipinski definition) is 5. The van der Waals surface area contributed by atoms with Crippen molar-refractivity contribution in [2.24, 2.45) is 0 Å². The summed E-state index contributed by atoms with van der Waals surface area (Å²) in [5.74, 6) is 0.421. The summed E-state index contributed by atoms with van der Waals surface area (Å²) in [6, 6.07) is 14.4. The quantitative estimate of drug-likeness (QED) is 0.120. The number of aromatic nitrogens is 1. The summed E-state index contributed by atoms with van der Waals surface area (Å²) in [6.45, 7) is -0.978. The van der Waals surface area contributed by atoms with E-state index in [1.807, 2.05) is 36.5 Å². The molecule has 51 heavy (non-hydrogen) atoms. The van der Waals surface area contributed by atoms with Gasteiger partial charge in [0.2, 0.25) is 10.0 Å². The Bertz CT molecular complexity index is 1800. The van der Waals surface area contributed by atoms with Gasteiger partial charge in [0.05, 0.1) is 42.0 Å². The lowest BCUT2D eigenvalue weighted by Crippen LogP contribution is -2.54. The highest BCUT2D eigenvalue weighted by Crippen LogP contribution is 2.53. The Hall–Kier alpha value is -3.02. The van der Waals surface area contributed by atoms with Crippen molar-refractivity contribution in [1.29, 1.82) is 0 Å². The van der Waals surface area contributed by atoms with E-state index in [1.165, 1.54) is 22.5 Å². The Morgan fingerprint density at radius 3 is 2.41 bits per heavy atom. The monoisotopic (exact) mass is 746 g/mol. The molecular weight excluding hydrogens is 704 g/mol. The van der Waals surface area contributed by atoms with Crippen molar-refractivity contribution >= 4 is 27.4 Å². The molecule has 1 aromatic heterocycles. The number of sulfonamides is 1. The van der Waals surface area contributed by atoms with E-state index in [4.69, 9.17) is 30.9 Å². The molecular formula is C36H43ClN2O11S. The third-order valence-electron chi connectivity index (χ3n) is 9.51. The van der Waals surface area contributed by atoms with Gasteiger partial charge in [-0.2, -0.15) is 4.31 Å². The molecule has 0 spiro atoms. The molecule has 6 rings (SSSR count). The number of rotatable bonds is 19. The molecule has 2 aromatic carbocycles. The average Bonchev–Trinajstić information content (AvgIpc) is 4.06. The first-order valence-electron chi connectivity index (χ1n) is 17.0. The van der Waals surface area contributed by atoms with Crippen LogP contribution < -0.4 is 4.74 Å². The fourth-order valence-electron chi connectivity index (χ4n) is 5.97. The number of ether oxygens (including phenoxy) is 3. The van der Waals surface area contributed by atoms with E-state index in [-0.39, 0.29) is 50.1 Å². The van der Waals surface area contributed by atoms with Gasteiger partial charge in [0.25, 0.3) is 0 Å². The lowest BCUT2D eigenvalue weighted by atomic mass is 9.96. The molecule has 0 bridgehead atoms. The number of aliphatic hydroxyl groups excluding tert-OH is 5. The van der Waals surface area contributed by atoms with Gasteiger partial charge >= 0.3 is 0 Å². The second-order valence-electron chi connectivity index (χ2n) is 13.4. The number of carbonyl (C=O) groups excluding carboxylic acids is 1. The standard InChI is InChI=1S/C36H43ClN2O11S/c37-30-9-8-26(51(46,47)39-17-25(18-39)48-21-23(41)5-10-31(42)34(44)35(45)32(43)19-40)15-22(30)20-49-36(12-13-36)29-16-38-14-11-27(29)28-3-1-2-4-33(28)50-24-6-7-24/h1-4,8-9,11,14-16,24-25,31-32,34-35,40,42-45H,5-7,10,12-13,17-21H2/t31-,32+,34+,35+/m0/s1. The van der Waals surface area contributed by atoms with Gasteiger partial charge in [-0.05, 0) is 73.6 Å². The summed E-state index contributed by atoms with van der Waals surface area (Å²) in [4.78, 5) is 16.7. The zero-order valence-corrected chi connectivity index (χ0v) is 29.5. The molecule has 2 aliphatic carbocycles. The number of ketones is 1. The summed E-state index contributed by atoms with van der Waals surface area (Å²) in [5, 5.41) is 48.3. The maximum Gasteiger partial charge on any atom is 0.243 e. The number of nitrogens with zero attached hydrogens (tertiary/aromatic N) is 2. The molecule has 1 saturated heterocycles. The Balaban J connectivity index is 1.03. The fraction of sp³-hybridized carbons (Fsp3) is 0.500. The van der Waals surface area contributed by atoms with Crippen molar-refractivity contribution in [2.75, 3.05) is 26.3 Å². The molecule has 5 N–H and O–H groups in total. The predicted molar refractivity (Wildman–Crippen MR) is 184 cm³/mol. The van der Waals surface area contributed by atoms with E-state index in [0.29, 0.717) is 10.6 Å². The minimum Gasteiger partial charge on any atom is -0.490 e. The van der Waals surface area contributed by atoms with Gasteiger partial charge in [0, 0.05) is 48.1 Å². The van der Waals surface area contributed by atoms with Crippen LogP contribution in [-0.2, 0) is 36.5 Å². The highest BCUT2D eigenvalue weighted by atomic mass is 35.5. The molecule has 3 aliphatic rings. The molecule has 15 heteroatoms. The van der Waals surface area contributed by atoms with Crippen LogP contribution in [0, 0.1) is 0 Å². The molecule has 0 amide bonds. The third kappa shape index (κ3) is 8.79. The molecule has 3 fully saturated rings. The summed E-state index contributed by atoms with van der Waals surface area (Å²) in [7, 11) is -3.90. The van der Waals surface area contributed by atoms with Crippen LogP contribution in [-0.4, -0.2) is 112 Å². The van der Waals surface area contributed by atoms with Gasteiger partial charge in [-0.25, -0.2) is 8.42 Å². The third-order valence-corrected chi connectivity index (χ3v) is 11.7. The second-order valence-corrected chi connectivity index (χ2v) is 15.7. The van der Waals surface area contributed by atoms with Crippen molar-refractivity contribution in [3.63, 3.8) is 0 Å². The van der Waals surface area contributed by atoms with E-state index >= 15 is 0 Å². The number of para-hydroxylation sites is 1. The molecule has 3 aromatic rings. The lowest BCUT2D eigenvalue weighted by molar-refractivity contribution is -0.132. The van der Waals surface area contributed by atoms with E-state index in [2.05, 4.69) is 4.98 Å². The minimum absolute atomic E-state index is 0.0372. The van der Waals surface area contributed by atoms with Crippen LogP contribution in [0.1, 0.15) is 49.7 Å². The van der Waals surface area contributed by atoms with Crippen molar-refractivity contribution < 1.29 is 53.0 Å². The number of carbonyl (C=O) groups is 1. The van der Waals surface area contributed by atoms with Crippen LogP contribution in [0.3, 0.4) is 0 Å². The molecule has 276 valence electrons. The number of Topliss-reactive ketones (excluding diaryl/α,β-unsaturated/α-hetero) is 1. The van der Waals surface area contributed by atoms with Gasteiger partial charge < -0.3 is 39.7 Å². The van der Waals surface area contributed by atoms with Crippen molar-refractivity contribution in [2.45, 2.75) is 92.3 Å². The Kier molecular flexibility index (Phi) is 11.8. The summed E-state index contributed by atoms with van der Waals surface area (Å²) >= 11 is 6.53. The second kappa shape index (κ2) is 15.9. The van der Waals surface area contributed by atoms with Crippen LogP contribution in [0.2, 0.25) is 5.02 Å². The zero-order valence-electron chi connectivity index (χ0n) is 27.9. The summed E-state index contributed by atoms with van der Waals surface area (Å²) in [6.07, 6.45) is -0.157. The minimum atomic E-state index is -3.90. The number of hydrogen-bond acceptors (Lipinski definition) is 12. The van der Waals surface area contributed by atoms with Crippen molar-refractivity contribution in [1.82, 2.24) is 9.29 Å². The van der Waals surface area contributed by atoms with Crippen LogP contribution in [0.25, 0.3) is 11.1 Å². The zero-order chi connectivity index (χ0) is 36.3. The maximum absolute atomic E-state index is 13.5. The van der Waals surface area contributed by atoms with Gasteiger partial charge in [-0.3, -0.25) is 9.78 Å². The first kappa shape index (κ1) is 37.7. The molecule has 0 radical (unpaired) electrons. The topological polar surface area (TPSA) is 196 Å². The summed E-state index contributed by atoms with van der Waals surface area (Å²) < 4.78 is 46.5. The number of pyridine rings is 1. The highest BCUT2D eigenvalue weighted by Gasteiger charge is 2.48. The Morgan fingerprint density at radius 1 is 0.980 bits per heavy atom. The largest absolute Gasteiger partial charge is 0.490 e. The molecule has 4 atom stereocenters. The van der Waals surface area contributed by atoms with Gasteiger partial charge in [0.15, 0.2) is 5.78 Å². The van der Waals surface area contributed by atoms with E-state index < -0.39 is 58.5 Å². The van der Waals surface area contributed by atoms with Crippen LogP contribution >= 0.6 is 11.6 Å². The Labute approximate surface area is 301 Å². The predicted octanol–water partition coefficient (Wildman–Crippen LogP) is 2.32. The number of halogens is 1. The fourth-order valence-corrected chi connectivity index (χ4v) is 7.70. The van der Waals surface area contributed by atoms with Crippen molar-refractivity contribution in [3.8, 4) is 16.9 Å². The van der Waals surface area contributed by atoms with E-state index in [1.54, 1.807) is 6.20 Å². The molecule has 0 unspecified atom stereocenters. The van der Waals surface area contributed by atoms with Crippen LogP contribution in [0.4, 0.5) is 0 Å². The van der Waals surface area contributed by atoms with Crippen LogP contribution in [0.15, 0.2) is 65.8 Å². The van der Waals surface area contributed by atoms with E-state index in [9.17, 15) is 33.6 Å². The molecule has 2 saturated carbocycles. The average molecular weight is 747 g/mol. The lowest BCUT2D eigenvalue weighted by Gasteiger charge is -2.37. The van der Waals surface area contributed by atoms with Gasteiger partial charge in [-0.15, -0.1) is 0 Å². The van der Waals surface area contributed by atoms with Gasteiger partial charge in [0.1, 0.15) is 30.7 Å². The summed E-state index contributed by atoms with van der Waals surface area (Å²) in [5.41, 5.74) is 2.80. The molecule has 1 aliphatic heterocycles. The van der Waals surface area contributed by atoms with Gasteiger partial charge in [-0.1, -0.05) is 29.8 Å². The smallest absolute Gasteiger partial charge is 0.243 e. The number of benzene rings is 2. The Morgan fingerprint density at radius 2 is 1.71 bits per heavy atom. The SMILES string of the molecule is O=C(CC[C@H](O)[C@@H](O)[C@H](O)[C@H](O)CO)COC1CN(S(=O)(=O)c2ccc(Cl)c(COC3(c4cnccc4-c4ccccc4OC4CC4)CC3)c2)C1.